The van der Waals surface area contributed by atoms with Crippen molar-refractivity contribution in [3.8, 4) is 0 Å². The smallest absolute Gasteiger partial charge is 0.317 e. The minimum Gasteiger partial charge on any atom is -0.368 e. The van der Waals surface area contributed by atoms with E-state index in [-0.39, 0.29) is 11.9 Å². The average Bonchev–Trinajstić information content (AvgIpc) is 2.72. The molecule has 0 spiro atoms. The molecule has 1 aliphatic rings. The van der Waals surface area contributed by atoms with Gasteiger partial charge in [-0.25, -0.2) is 4.79 Å². The third-order valence-electron chi connectivity index (χ3n) is 4.48. The summed E-state index contributed by atoms with van der Waals surface area (Å²) >= 11 is 0. The van der Waals surface area contributed by atoms with Gasteiger partial charge in [-0.15, -0.1) is 0 Å². The lowest BCUT2D eigenvalue weighted by Crippen LogP contribution is -2.51. The van der Waals surface area contributed by atoms with Gasteiger partial charge in [0.1, 0.15) is 0 Å². The van der Waals surface area contributed by atoms with Gasteiger partial charge in [0, 0.05) is 63.4 Å². The van der Waals surface area contributed by atoms with E-state index < -0.39 is 0 Å². The van der Waals surface area contributed by atoms with Gasteiger partial charge >= 0.3 is 6.03 Å². The van der Waals surface area contributed by atoms with Crippen LogP contribution < -0.4 is 15.5 Å². The molecule has 3 rings (SSSR count). The van der Waals surface area contributed by atoms with Gasteiger partial charge in [0.05, 0.1) is 0 Å². The summed E-state index contributed by atoms with van der Waals surface area (Å²) in [6.45, 7) is 3.42. The first-order chi connectivity index (χ1) is 12.7. The molecule has 136 valence electrons. The second-order valence-electron chi connectivity index (χ2n) is 6.11. The number of carbonyl (C=O) groups is 2. The van der Waals surface area contributed by atoms with E-state index >= 15 is 0 Å². The molecule has 26 heavy (non-hydrogen) atoms. The molecule has 2 aromatic rings. The Morgan fingerprint density at radius 1 is 1.00 bits per heavy atom. The van der Waals surface area contributed by atoms with Crippen molar-refractivity contribution in [2.75, 3.05) is 38.1 Å². The number of benzene rings is 1. The summed E-state index contributed by atoms with van der Waals surface area (Å²) in [4.78, 5) is 32.0. The van der Waals surface area contributed by atoms with Gasteiger partial charge in [-0.3, -0.25) is 9.78 Å². The van der Waals surface area contributed by atoms with Crippen LogP contribution in [0.25, 0.3) is 0 Å². The van der Waals surface area contributed by atoms with E-state index in [4.69, 9.17) is 0 Å². The van der Waals surface area contributed by atoms with E-state index in [0.29, 0.717) is 25.2 Å². The highest BCUT2D eigenvalue weighted by Gasteiger charge is 2.21. The predicted molar refractivity (Wildman–Crippen MR) is 100 cm³/mol. The number of pyridine rings is 1. The standard InChI is InChI=1S/C19H23N5O2/c1-20-18(25)16-4-2-15(3-5-16)14-22-19(26)24-12-10-23(11-13-24)17-6-8-21-9-7-17/h2-9H,10-14H2,1H3,(H,20,25)(H,22,26). The fourth-order valence-electron chi connectivity index (χ4n) is 2.93. The molecule has 0 saturated carbocycles. The maximum Gasteiger partial charge on any atom is 0.317 e. The molecule has 3 amide bonds. The van der Waals surface area contributed by atoms with Crippen LogP contribution in [0, 0.1) is 0 Å². The minimum absolute atomic E-state index is 0.0604. The molecular weight excluding hydrogens is 330 g/mol. The summed E-state index contributed by atoms with van der Waals surface area (Å²) in [6.07, 6.45) is 3.56. The first kappa shape index (κ1) is 17.7. The molecule has 0 atom stereocenters. The van der Waals surface area contributed by atoms with Crippen LogP contribution in [0.5, 0.6) is 0 Å². The molecule has 2 heterocycles. The van der Waals surface area contributed by atoms with Crippen LogP contribution in [0.2, 0.25) is 0 Å². The van der Waals surface area contributed by atoms with Gasteiger partial charge in [-0.2, -0.15) is 0 Å². The van der Waals surface area contributed by atoms with Crippen LogP contribution in [-0.2, 0) is 6.54 Å². The van der Waals surface area contributed by atoms with E-state index in [9.17, 15) is 9.59 Å². The van der Waals surface area contributed by atoms with E-state index in [1.54, 1.807) is 31.6 Å². The Labute approximate surface area is 153 Å². The number of aromatic nitrogens is 1. The Kier molecular flexibility index (Phi) is 5.68. The van der Waals surface area contributed by atoms with Crippen LogP contribution in [0.4, 0.5) is 10.5 Å². The van der Waals surface area contributed by atoms with Gasteiger partial charge in [-0.1, -0.05) is 12.1 Å². The molecule has 7 nitrogen and oxygen atoms in total. The zero-order valence-corrected chi connectivity index (χ0v) is 14.8. The van der Waals surface area contributed by atoms with Crippen molar-refractivity contribution < 1.29 is 9.59 Å². The van der Waals surface area contributed by atoms with Crippen molar-refractivity contribution in [3.63, 3.8) is 0 Å². The molecule has 1 saturated heterocycles. The molecule has 2 N–H and O–H groups in total. The number of urea groups is 1. The Morgan fingerprint density at radius 3 is 2.27 bits per heavy atom. The second-order valence-corrected chi connectivity index (χ2v) is 6.11. The van der Waals surface area contributed by atoms with Crippen molar-refractivity contribution in [1.29, 1.82) is 0 Å². The number of nitrogens with one attached hydrogen (secondary N) is 2. The molecule has 0 unspecified atom stereocenters. The quantitative estimate of drug-likeness (QED) is 0.873. The fourth-order valence-corrected chi connectivity index (χ4v) is 2.93. The van der Waals surface area contributed by atoms with Gasteiger partial charge in [-0.05, 0) is 29.8 Å². The van der Waals surface area contributed by atoms with E-state index in [0.717, 1.165) is 24.3 Å². The van der Waals surface area contributed by atoms with E-state index in [1.165, 1.54) is 0 Å². The number of carbonyl (C=O) groups excluding carboxylic acids is 2. The number of hydrogen-bond donors (Lipinski definition) is 2. The molecule has 0 bridgehead atoms. The number of anilines is 1. The Bertz CT molecular complexity index is 740. The maximum atomic E-state index is 12.4. The van der Waals surface area contributed by atoms with Crippen molar-refractivity contribution in [2.24, 2.45) is 0 Å². The predicted octanol–water partition coefficient (Wildman–Crippen LogP) is 1.47. The van der Waals surface area contributed by atoms with Crippen molar-refractivity contribution in [2.45, 2.75) is 6.54 Å². The fraction of sp³-hybridized carbons (Fsp3) is 0.316. The normalized spacial score (nSPS) is 14.0. The van der Waals surface area contributed by atoms with Gasteiger partial charge < -0.3 is 20.4 Å². The highest BCUT2D eigenvalue weighted by molar-refractivity contribution is 5.93. The molecular formula is C19H23N5O2. The van der Waals surface area contributed by atoms with Crippen molar-refractivity contribution >= 4 is 17.6 Å². The van der Waals surface area contributed by atoms with Crippen molar-refractivity contribution in [3.05, 3.63) is 59.9 Å². The number of piperazine rings is 1. The summed E-state index contributed by atoms with van der Waals surface area (Å²) < 4.78 is 0. The SMILES string of the molecule is CNC(=O)c1ccc(CNC(=O)N2CCN(c3ccncc3)CC2)cc1. The van der Waals surface area contributed by atoms with E-state index in [2.05, 4.69) is 20.5 Å². The molecule has 1 aromatic heterocycles. The summed E-state index contributed by atoms with van der Waals surface area (Å²) in [7, 11) is 1.60. The highest BCUT2D eigenvalue weighted by Crippen LogP contribution is 2.14. The van der Waals surface area contributed by atoms with E-state index in [1.807, 2.05) is 29.2 Å². The van der Waals surface area contributed by atoms with Gasteiger partial charge in [0.2, 0.25) is 0 Å². The topological polar surface area (TPSA) is 77.6 Å². The number of rotatable bonds is 4. The highest BCUT2D eigenvalue weighted by atomic mass is 16.2. The van der Waals surface area contributed by atoms with Crippen LogP contribution in [0.1, 0.15) is 15.9 Å². The number of amides is 3. The Hall–Kier alpha value is -3.09. The van der Waals surface area contributed by atoms with Crippen molar-refractivity contribution in [1.82, 2.24) is 20.5 Å². The van der Waals surface area contributed by atoms with Crippen LogP contribution in [0.15, 0.2) is 48.8 Å². The van der Waals surface area contributed by atoms with Crippen LogP contribution >= 0.6 is 0 Å². The molecule has 7 heteroatoms. The lowest BCUT2D eigenvalue weighted by molar-refractivity contribution is 0.0963. The molecule has 1 aliphatic heterocycles. The summed E-state index contributed by atoms with van der Waals surface area (Å²) in [5.41, 5.74) is 2.70. The van der Waals surface area contributed by atoms with Crippen LogP contribution in [-0.4, -0.2) is 55.0 Å². The largest absolute Gasteiger partial charge is 0.368 e. The zero-order chi connectivity index (χ0) is 18.4. The molecule has 0 aliphatic carbocycles. The summed E-state index contributed by atoms with van der Waals surface area (Å²) in [5, 5.41) is 5.53. The average molecular weight is 353 g/mol. The number of nitrogens with zero attached hydrogens (tertiary/aromatic N) is 3. The maximum absolute atomic E-state index is 12.4. The second kappa shape index (κ2) is 8.33. The lowest BCUT2D eigenvalue weighted by Gasteiger charge is -2.36. The van der Waals surface area contributed by atoms with Gasteiger partial charge in [0.15, 0.2) is 0 Å². The van der Waals surface area contributed by atoms with Crippen LogP contribution in [0.3, 0.4) is 0 Å². The first-order valence-corrected chi connectivity index (χ1v) is 8.66. The Morgan fingerprint density at radius 2 is 1.65 bits per heavy atom. The monoisotopic (exact) mass is 353 g/mol. The number of hydrogen-bond acceptors (Lipinski definition) is 4. The molecule has 0 radical (unpaired) electrons. The van der Waals surface area contributed by atoms with Gasteiger partial charge in [0.25, 0.3) is 5.91 Å². The third kappa shape index (κ3) is 4.30. The summed E-state index contributed by atoms with van der Waals surface area (Å²) in [5.74, 6) is -0.118. The first-order valence-electron chi connectivity index (χ1n) is 8.66. The minimum atomic E-state index is -0.118. The summed E-state index contributed by atoms with van der Waals surface area (Å²) in [6, 6.07) is 11.1. The molecule has 1 fully saturated rings. The third-order valence-corrected chi connectivity index (χ3v) is 4.48. The lowest BCUT2D eigenvalue weighted by atomic mass is 10.1. The zero-order valence-electron chi connectivity index (χ0n) is 14.8. The Balaban J connectivity index is 1.46. The molecule has 1 aromatic carbocycles.